The van der Waals surface area contributed by atoms with Crippen LogP contribution in [-0.4, -0.2) is 9.97 Å². The Bertz CT molecular complexity index is 562. The van der Waals surface area contributed by atoms with Gasteiger partial charge in [0.05, 0.1) is 5.69 Å². The van der Waals surface area contributed by atoms with Gasteiger partial charge in [0.25, 0.3) is 0 Å². The summed E-state index contributed by atoms with van der Waals surface area (Å²) in [6, 6.07) is 4.23. The largest absolute Gasteiger partial charge is 0.323 e. The molecule has 0 saturated heterocycles. The van der Waals surface area contributed by atoms with Crippen molar-refractivity contribution in [2.45, 2.75) is 38.6 Å². The summed E-state index contributed by atoms with van der Waals surface area (Å²) in [5.41, 5.74) is 9.53. The second-order valence-electron chi connectivity index (χ2n) is 4.69. The lowest BCUT2D eigenvalue weighted by Gasteiger charge is -2.15. The van der Waals surface area contributed by atoms with E-state index in [1.54, 1.807) is 11.3 Å². The lowest BCUT2D eigenvalue weighted by atomic mass is 9.99. The molecule has 2 heterocycles. The fraction of sp³-hybridized carbons (Fsp3) is 0.429. The predicted molar refractivity (Wildman–Crippen MR) is 74.6 cm³/mol. The number of rotatable bonds is 2. The zero-order valence-electron chi connectivity index (χ0n) is 10.5. The van der Waals surface area contributed by atoms with Crippen molar-refractivity contribution in [1.82, 2.24) is 9.97 Å². The number of thiazole rings is 1. The van der Waals surface area contributed by atoms with E-state index in [2.05, 4.69) is 18.0 Å². The Kier molecular flexibility index (Phi) is 3.14. The van der Waals surface area contributed by atoms with Crippen molar-refractivity contribution < 1.29 is 0 Å². The molecule has 1 aliphatic carbocycles. The maximum Gasteiger partial charge on any atom is 0.142 e. The van der Waals surface area contributed by atoms with E-state index in [0.29, 0.717) is 0 Å². The van der Waals surface area contributed by atoms with E-state index in [0.717, 1.165) is 35.7 Å². The molecule has 94 valence electrons. The molecule has 0 fully saturated rings. The predicted octanol–water partition coefficient (Wildman–Crippen LogP) is 3.10. The smallest absolute Gasteiger partial charge is 0.142 e. The molecule has 0 spiro atoms. The maximum atomic E-state index is 6.13. The van der Waals surface area contributed by atoms with Crippen LogP contribution in [-0.2, 0) is 12.8 Å². The third kappa shape index (κ3) is 1.95. The van der Waals surface area contributed by atoms with Crippen LogP contribution in [0.3, 0.4) is 0 Å². The Hall–Kier alpha value is -1.26. The van der Waals surface area contributed by atoms with E-state index >= 15 is 0 Å². The van der Waals surface area contributed by atoms with Crippen LogP contribution in [0.2, 0.25) is 0 Å². The number of pyridine rings is 1. The van der Waals surface area contributed by atoms with Gasteiger partial charge in [0, 0.05) is 17.1 Å². The fourth-order valence-corrected chi connectivity index (χ4v) is 3.68. The molecule has 2 aromatic rings. The van der Waals surface area contributed by atoms with Crippen LogP contribution in [0.1, 0.15) is 41.9 Å². The normalized spacial score (nSPS) is 18.7. The van der Waals surface area contributed by atoms with E-state index in [4.69, 9.17) is 10.7 Å². The molecule has 4 heteroatoms. The lowest BCUT2D eigenvalue weighted by Crippen LogP contribution is -2.16. The minimum absolute atomic E-state index is 0.118. The Morgan fingerprint density at radius 3 is 3.17 bits per heavy atom. The van der Waals surface area contributed by atoms with E-state index in [1.807, 2.05) is 12.3 Å². The second kappa shape index (κ2) is 4.78. The van der Waals surface area contributed by atoms with E-state index < -0.39 is 0 Å². The highest BCUT2D eigenvalue weighted by atomic mass is 32.1. The average molecular weight is 259 g/mol. The van der Waals surface area contributed by atoms with Crippen LogP contribution in [0.15, 0.2) is 18.3 Å². The minimum atomic E-state index is 0.118. The number of aromatic nitrogens is 2. The standard InChI is InChI=1S/C14H17N3S/c1-2-9-5-4-8-16-12(9)14-17-13-10(15)6-3-7-11(13)18-14/h4-5,8,10H,2-3,6-7,15H2,1H3. The summed E-state index contributed by atoms with van der Waals surface area (Å²) < 4.78 is 0. The summed E-state index contributed by atoms with van der Waals surface area (Å²) >= 11 is 1.77. The van der Waals surface area contributed by atoms with Gasteiger partial charge in [0.2, 0.25) is 0 Å². The van der Waals surface area contributed by atoms with Gasteiger partial charge in [-0.2, -0.15) is 0 Å². The quantitative estimate of drug-likeness (QED) is 0.901. The number of aryl methyl sites for hydroxylation is 2. The number of hydrogen-bond acceptors (Lipinski definition) is 4. The summed E-state index contributed by atoms with van der Waals surface area (Å²) in [5.74, 6) is 0. The van der Waals surface area contributed by atoms with Crippen LogP contribution < -0.4 is 5.73 Å². The number of nitrogens with zero attached hydrogens (tertiary/aromatic N) is 2. The number of hydrogen-bond donors (Lipinski definition) is 1. The Labute approximate surface area is 111 Å². The molecule has 0 bridgehead atoms. The summed E-state index contributed by atoms with van der Waals surface area (Å²) in [7, 11) is 0. The van der Waals surface area contributed by atoms with Gasteiger partial charge in [-0.25, -0.2) is 4.98 Å². The van der Waals surface area contributed by atoms with Crippen molar-refractivity contribution >= 4 is 11.3 Å². The molecule has 3 nitrogen and oxygen atoms in total. The molecule has 1 unspecified atom stereocenters. The van der Waals surface area contributed by atoms with Gasteiger partial charge < -0.3 is 5.73 Å². The van der Waals surface area contributed by atoms with Gasteiger partial charge in [-0.3, -0.25) is 4.98 Å². The van der Waals surface area contributed by atoms with Gasteiger partial charge in [-0.1, -0.05) is 13.0 Å². The first-order valence-electron chi connectivity index (χ1n) is 6.49. The molecule has 0 saturated carbocycles. The average Bonchev–Trinajstić information content (AvgIpc) is 2.84. The van der Waals surface area contributed by atoms with Gasteiger partial charge in [-0.15, -0.1) is 11.3 Å². The molecule has 0 radical (unpaired) electrons. The summed E-state index contributed by atoms with van der Waals surface area (Å²) in [6.45, 7) is 2.15. The molecule has 2 aromatic heterocycles. The van der Waals surface area contributed by atoms with Gasteiger partial charge >= 0.3 is 0 Å². The SMILES string of the molecule is CCc1cccnc1-c1nc2c(s1)CCCC2N. The summed E-state index contributed by atoms with van der Waals surface area (Å²) in [6.07, 6.45) is 6.18. The molecule has 1 atom stereocenters. The van der Waals surface area contributed by atoms with Crippen LogP contribution in [0.25, 0.3) is 10.7 Å². The first-order valence-corrected chi connectivity index (χ1v) is 7.30. The van der Waals surface area contributed by atoms with Crippen molar-refractivity contribution in [3.8, 4) is 10.7 Å². The van der Waals surface area contributed by atoms with Crippen molar-refractivity contribution in [3.05, 3.63) is 34.5 Å². The molecule has 2 N–H and O–H groups in total. The summed E-state index contributed by atoms with van der Waals surface area (Å²) in [4.78, 5) is 10.6. The Morgan fingerprint density at radius 1 is 1.50 bits per heavy atom. The zero-order valence-corrected chi connectivity index (χ0v) is 11.3. The first kappa shape index (κ1) is 11.8. The van der Waals surface area contributed by atoms with Gasteiger partial charge in [-0.05, 0) is 37.3 Å². The highest BCUT2D eigenvalue weighted by molar-refractivity contribution is 7.15. The van der Waals surface area contributed by atoms with E-state index in [-0.39, 0.29) is 6.04 Å². The molecular formula is C14H17N3S. The highest BCUT2D eigenvalue weighted by Gasteiger charge is 2.23. The zero-order chi connectivity index (χ0) is 12.5. The van der Waals surface area contributed by atoms with Crippen molar-refractivity contribution in [3.63, 3.8) is 0 Å². The van der Waals surface area contributed by atoms with Gasteiger partial charge in [0.15, 0.2) is 0 Å². The van der Waals surface area contributed by atoms with Crippen LogP contribution >= 0.6 is 11.3 Å². The van der Waals surface area contributed by atoms with Gasteiger partial charge in [0.1, 0.15) is 10.7 Å². The molecule has 3 rings (SSSR count). The van der Waals surface area contributed by atoms with Crippen LogP contribution in [0.5, 0.6) is 0 Å². The highest BCUT2D eigenvalue weighted by Crippen LogP contribution is 2.36. The number of fused-ring (bicyclic) bond motifs is 1. The second-order valence-corrected chi connectivity index (χ2v) is 5.77. The third-order valence-electron chi connectivity index (χ3n) is 3.47. The molecular weight excluding hydrogens is 242 g/mol. The Balaban J connectivity index is 2.07. The lowest BCUT2D eigenvalue weighted by molar-refractivity contribution is 0.564. The molecule has 18 heavy (non-hydrogen) atoms. The van der Waals surface area contributed by atoms with Crippen molar-refractivity contribution in [2.24, 2.45) is 5.73 Å². The van der Waals surface area contributed by atoms with Crippen molar-refractivity contribution in [1.29, 1.82) is 0 Å². The molecule has 1 aliphatic rings. The monoisotopic (exact) mass is 259 g/mol. The topological polar surface area (TPSA) is 51.8 Å². The molecule has 0 amide bonds. The minimum Gasteiger partial charge on any atom is -0.323 e. The van der Waals surface area contributed by atoms with Crippen molar-refractivity contribution in [2.75, 3.05) is 0 Å². The maximum absolute atomic E-state index is 6.13. The fourth-order valence-electron chi connectivity index (χ4n) is 2.47. The Morgan fingerprint density at radius 2 is 2.39 bits per heavy atom. The van der Waals surface area contributed by atoms with Crippen LogP contribution in [0, 0.1) is 0 Å². The number of nitrogens with two attached hydrogens (primary N) is 1. The third-order valence-corrected chi connectivity index (χ3v) is 4.61. The van der Waals surface area contributed by atoms with E-state index in [1.165, 1.54) is 16.9 Å². The first-order chi connectivity index (χ1) is 8.79. The van der Waals surface area contributed by atoms with E-state index in [9.17, 15) is 0 Å². The summed E-state index contributed by atoms with van der Waals surface area (Å²) in [5, 5.41) is 1.04. The molecule has 0 aromatic carbocycles. The van der Waals surface area contributed by atoms with Crippen LogP contribution in [0.4, 0.5) is 0 Å². The molecule has 0 aliphatic heterocycles.